The Morgan fingerprint density at radius 3 is 2.33 bits per heavy atom. The molecule has 0 aromatic heterocycles. The van der Waals surface area contributed by atoms with Crippen molar-refractivity contribution in [3.63, 3.8) is 0 Å². The Labute approximate surface area is 123 Å². The van der Waals surface area contributed by atoms with Crippen LogP contribution >= 0.6 is 0 Å². The molecule has 2 rings (SSSR count). The maximum absolute atomic E-state index is 12.7. The molecule has 0 spiro atoms. The van der Waals surface area contributed by atoms with E-state index in [0.717, 1.165) is 0 Å². The molecule has 2 atom stereocenters. The lowest BCUT2D eigenvalue weighted by molar-refractivity contribution is -0.135. The van der Waals surface area contributed by atoms with Gasteiger partial charge in [-0.25, -0.2) is 4.79 Å². The summed E-state index contributed by atoms with van der Waals surface area (Å²) in [5.74, 6) is -1.04. The van der Waals surface area contributed by atoms with E-state index in [1.54, 1.807) is 29.2 Å². The topological polar surface area (TPSA) is 70.1 Å². The summed E-state index contributed by atoms with van der Waals surface area (Å²) in [5, 5.41) is 9.06. The van der Waals surface area contributed by atoms with Crippen LogP contribution in [0, 0.1) is 0 Å². The molecule has 0 bridgehead atoms. The number of rotatable bonds is 3. The Morgan fingerprint density at radius 1 is 1.24 bits per heavy atom. The predicted octanol–water partition coefficient (Wildman–Crippen LogP) is 1.81. The van der Waals surface area contributed by atoms with Gasteiger partial charge in [0.1, 0.15) is 6.54 Å². The number of amides is 2. The molecule has 0 radical (unpaired) electrons. The van der Waals surface area contributed by atoms with Crippen molar-refractivity contribution in [1.29, 1.82) is 0 Å². The second kappa shape index (κ2) is 6.58. The van der Waals surface area contributed by atoms with E-state index in [2.05, 4.69) is 0 Å². The number of hydrogen-bond acceptors (Lipinski definition) is 3. The molecule has 1 aliphatic heterocycles. The average Bonchev–Trinajstić information content (AvgIpc) is 2.44. The highest BCUT2D eigenvalue weighted by Gasteiger charge is 2.30. The van der Waals surface area contributed by atoms with Gasteiger partial charge in [0.15, 0.2) is 0 Å². The van der Waals surface area contributed by atoms with E-state index in [9.17, 15) is 9.59 Å². The van der Waals surface area contributed by atoms with Crippen LogP contribution in [0.3, 0.4) is 0 Å². The molecule has 1 fully saturated rings. The fourth-order valence-corrected chi connectivity index (χ4v) is 2.52. The number of carboxylic acids is 1. The first kappa shape index (κ1) is 15.3. The standard InChI is InChI=1S/C15H20N2O4/c1-11-8-16(9-12(2)21-11)15(20)17(10-14(18)19)13-6-4-3-5-7-13/h3-7,11-12H,8-10H2,1-2H3,(H,18,19)/t11-,12+. The molecule has 2 amide bonds. The van der Waals surface area contributed by atoms with Crippen LogP contribution < -0.4 is 4.90 Å². The molecule has 1 aromatic rings. The molecule has 1 N–H and O–H groups in total. The van der Waals surface area contributed by atoms with Crippen LogP contribution in [0.5, 0.6) is 0 Å². The normalized spacial score (nSPS) is 21.9. The third-order valence-corrected chi connectivity index (χ3v) is 3.28. The summed E-state index contributed by atoms with van der Waals surface area (Å²) < 4.78 is 5.60. The first-order valence-electron chi connectivity index (χ1n) is 6.96. The number of morpholine rings is 1. The highest BCUT2D eigenvalue weighted by molar-refractivity contribution is 5.96. The van der Waals surface area contributed by atoms with Crippen LogP contribution in [0.2, 0.25) is 0 Å². The van der Waals surface area contributed by atoms with Crippen molar-refractivity contribution in [3.05, 3.63) is 30.3 Å². The molecule has 1 heterocycles. The van der Waals surface area contributed by atoms with Gasteiger partial charge < -0.3 is 14.7 Å². The molecule has 0 unspecified atom stereocenters. The number of para-hydroxylation sites is 1. The lowest BCUT2D eigenvalue weighted by Crippen LogP contribution is -2.53. The number of aliphatic carboxylic acids is 1. The van der Waals surface area contributed by atoms with Gasteiger partial charge in [-0.3, -0.25) is 9.69 Å². The van der Waals surface area contributed by atoms with E-state index in [4.69, 9.17) is 9.84 Å². The molecular weight excluding hydrogens is 272 g/mol. The monoisotopic (exact) mass is 292 g/mol. The maximum atomic E-state index is 12.7. The van der Waals surface area contributed by atoms with Crippen molar-refractivity contribution in [3.8, 4) is 0 Å². The van der Waals surface area contributed by atoms with Crippen LogP contribution in [0.1, 0.15) is 13.8 Å². The first-order chi connectivity index (χ1) is 9.97. The number of carbonyl (C=O) groups is 2. The Bertz CT molecular complexity index is 496. The highest BCUT2D eigenvalue weighted by Crippen LogP contribution is 2.18. The van der Waals surface area contributed by atoms with Crippen LogP contribution in [0.25, 0.3) is 0 Å². The Kier molecular flexibility index (Phi) is 4.80. The van der Waals surface area contributed by atoms with Gasteiger partial charge in [-0.2, -0.15) is 0 Å². The molecule has 114 valence electrons. The third kappa shape index (κ3) is 3.95. The highest BCUT2D eigenvalue weighted by atomic mass is 16.5. The minimum absolute atomic E-state index is 0.0554. The second-order valence-corrected chi connectivity index (χ2v) is 5.26. The Balaban J connectivity index is 2.20. The Morgan fingerprint density at radius 2 is 1.81 bits per heavy atom. The molecule has 1 saturated heterocycles. The lowest BCUT2D eigenvalue weighted by atomic mass is 10.2. The summed E-state index contributed by atoms with van der Waals surface area (Å²) in [6.07, 6.45) is -0.111. The molecule has 6 nitrogen and oxygen atoms in total. The van der Waals surface area contributed by atoms with Gasteiger partial charge in [-0.1, -0.05) is 18.2 Å². The van der Waals surface area contributed by atoms with Crippen LogP contribution in [-0.4, -0.2) is 53.8 Å². The molecule has 1 aromatic carbocycles. The van der Waals surface area contributed by atoms with Gasteiger partial charge in [0, 0.05) is 18.8 Å². The van der Waals surface area contributed by atoms with Crippen molar-refractivity contribution in [1.82, 2.24) is 4.90 Å². The van der Waals surface area contributed by atoms with E-state index in [1.807, 2.05) is 19.9 Å². The molecule has 6 heteroatoms. The van der Waals surface area contributed by atoms with E-state index in [-0.39, 0.29) is 24.8 Å². The van der Waals surface area contributed by atoms with Crippen LogP contribution in [0.4, 0.5) is 10.5 Å². The van der Waals surface area contributed by atoms with Gasteiger partial charge in [-0.15, -0.1) is 0 Å². The van der Waals surface area contributed by atoms with Gasteiger partial charge in [0.25, 0.3) is 0 Å². The van der Waals surface area contributed by atoms with Crippen LogP contribution in [0.15, 0.2) is 30.3 Å². The number of hydrogen-bond donors (Lipinski definition) is 1. The molecule has 1 aliphatic rings. The zero-order valence-electron chi connectivity index (χ0n) is 12.2. The van der Waals surface area contributed by atoms with E-state index in [1.165, 1.54) is 4.90 Å². The summed E-state index contributed by atoms with van der Waals surface area (Å²) in [4.78, 5) is 26.7. The van der Waals surface area contributed by atoms with Crippen LogP contribution in [-0.2, 0) is 9.53 Å². The number of carboxylic acid groups (broad SMARTS) is 1. The third-order valence-electron chi connectivity index (χ3n) is 3.28. The molecule has 0 aliphatic carbocycles. The minimum atomic E-state index is -1.04. The van der Waals surface area contributed by atoms with E-state index >= 15 is 0 Å². The van der Waals surface area contributed by atoms with Gasteiger partial charge in [0.05, 0.1) is 12.2 Å². The zero-order chi connectivity index (χ0) is 15.4. The average molecular weight is 292 g/mol. The van der Waals surface area contributed by atoms with Crippen molar-refractivity contribution < 1.29 is 19.4 Å². The van der Waals surface area contributed by atoms with Gasteiger partial charge in [0.2, 0.25) is 0 Å². The minimum Gasteiger partial charge on any atom is -0.480 e. The van der Waals surface area contributed by atoms with E-state index in [0.29, 0.717) is 18.8 Å². The summed E-state index contributed by atoms with van der Waals surface area (Å²) in [6.45, 7) is 4.38. The quantitative estimate of drug-likeness (QED) is 0.922. The number of ether oxygens (including phenoxy) is 1. The number of urea groups is 1. The predicted molar refractivity (Wildman–Crippen MR) is 78.4 cm³/mol. The smallest absolute Gasteiger partial charge is 0.325 e. The summed E-state index contributed by atoms with van der Waals surface area (Å²) >= 11 is 0. The number of anilines is 1. The zero-order valence-corrected chi connectivity index (χ0v) is 12.2. The maximum Gasteiger partial charge on any atom is 0.325 e. The van der Waals surface area contributed by atoms with E-state index < -0.39 is 5.97 Å². The SMILES string of the molecule is C[C@@H]1CN(C(=O)N(CC(=O)O)c2ccccc2)C[C@H](C)O1. The van der Waals surface area contributed by atoms with Crippen molar-refractivity contribution >= 4 is 17.7 Å². The number of nitrogens with zero attached hydrogens (tertiary/aromatic N) is 2. The van der Waals surface area contributed by atoms with Crippen molar-refractivity contribution in [2.24, 2.45) is 0 Å². The second-order valence-electron chi connectivity index (χ2n) is 5.26. The fourth-order valence-electron chi connectivity index (χ4n) is 2.52. The van der Waals surface area contributed by atoms with Gasteiger partial charge in [-0.05, 0) is 26.0 Å². The van der Waals surface area contributed by atoms with Crippen molar-refractivity contribution in [2.75, 3.05) is 24.5 Å². The van der Waals surface area contributed by atoms with Gasteiger partial charge >= 0.3 is 12.0 Å². The lowest BCUT2D eigenvalue weighted by Gasteiger charge is -2.37. The fraction of sp³-hybridized carbons (Fsp3) is 0.467. The molecule has 0 saturated carbocycles. The van der Waals surface area contributed by atoms with Crippen molar-refractivity contribution in [2.45, 2.75) is 26.1 Å². The molecular formula is C15H20N2O4. The number of carbonyl (C=O) groups excluding carboxylic acids is 1. The summed E-state index contributed by atoms with van der Waals surface area (Å²) in [7, 11) is 0. The number of benzene rings is 1. The summed E-state index contributed by atoms with van der Waals surface area (Å²) in [5.41, 5.74) is 0.580. The largest absolute Gasteiger partial charge is 0.480 e. The Hall–Kier alpha value is -2.08. The summed E-state index contributed by atoms with van der Waals surface area (Å²) in [6, 6.07) is 8.55. The first-order valence-corrected chi connectivity index (χ1v) is 6.96. The molecule has 21 heavy (non-hydrogen) atoms.